The van der Waals surface area contributed by atoms with Crippen LogP contribution in [0.4, 0.5) is 18.9 Å². The van der Waals surface area contributed by atoms with E-state index < -0.39 is 17.7 Å². The van der Waals surface area contributed by atoms with Gasteiger partial charge in [0.15, 0.2) is 0 Å². The number of alkyl halides is 3. The van der Waals surface area contributed by atoms with Crippen LogP contribution in [0.1, 0.15) is 42.0 Å². The van der Waals surface area contributed by atoms with Gasteiger partial charge in [0, 0.05) is 24.2 Å². The molecule has 2 heterocycles. The quantitative estimate of drug-likeness (QED) is 0.848. The molecule has 3 rings (SSSR count). The van der Waals surface area contributed by atoms with Gasteiger partial charge < -0.3 is 14.6 Å². The first-order chi connectivity index (χ1) is 13.1. The van der Waals surface area contributed by atoms with Gasteiger partial charge in [0.05, 0.1) is 17.5 Å². The third-order valence-electron chi connectivity index (χ3n) is 4.89. The minimum Gasteiger partial charge on any atom is -0.466 e. The molecule has 8 heteroatoms. The fraction of sp³-hybridized carbons (Fsp3) is 0.400. The summed E-state index contributed by atoms with van der Waals surface area (Å²) in [5.41, 5.74) is 0.166. The maximum absolute atomic E-state index is 12.9. The number of aryl methyl sites for hydroxylation is 2. The highest BCUT2D eigenvalue weighted by molar-refractivity contribution is 6.00. The van der Waals surface area contributed by atoms with Crippen LogP contribution in [0, 0.1) is 19.8 Å². The second-order valence-corrected chi connectivity index (χ2v) is 7.05. The Morgan fingerprint density at radius 1 is 1.29 bits per heavy atom. The number of nitrogens with one attached hydrogen (secondary N) is 1. The molecule has 1 aromatic heterocycles. The van der Waals surface area contributed by atoms with Crippen molar-refractivity contribution in [1.29, 1.82) is 0 Å². The van der Waals surface area contributed by atoms with Gasteiger partial charge in [0.1, 0.15) is 11.5 Å². The number of rotatable bonds is 4. The molecule has 150 valence electrons. The Labute approximate surface area is 160 Å². The molecular formula is C20H21F3N2O3. The van der Waals surface area contributed by atoms with Crippen molar-refractivity contribution >= 4 is 17.5 Å². The Hall–Kier alpha value is -2.77. The summed E-state index contributed by atoms with van der Waals surface area (Å²) in [4.78, 5) is 26.1. The Kier molecular flexibility index (Phi) is 5.23. The van der Waals surface area contributed by atoms with Gasteiger partial charge in [0.2, 0.25) is 11.8 Å². The molecule has 2 atom stereocenters. The molecule has 1 aliphatic heterocycles. The van der Waals surface area contributed by atoms with Crippen LogP contribution in [0.3, 0.4) is 0 Å². The fourth-order valence-electron chi connectivity index (χ4n) is 3.47. The summed E-state index contributed by atoms with van der Waals surface area (Å²) >= 11 is 0. The number of anilines is 1. The summed E-state index contributed by atoms with van der Waals surface area (Å²) in [6.07, 6.45) is -4.54. The summed E-state index contributed by atoms with van der Waals surface area (Å²) < 4.78 is 44.2. The molecule has 1 aromatic carbocycles. The van der Waals surface area contributed by atoms with Crippen LogP contribution >= 0.6 is 0 Å². The summed E-state index contributed by atoms with van der Waals surface area (Å²) in [6.45, 7) is 5.48. The smallest absolute Gasteiger partial charge is 0.416 e. The van der Waals surface area contributed by atoms with Gasteiger partial charge in [0.25, 0.3) is 0 Å². The van der Waals surface area contributed by atoms with Gasteiger partial charge in [-0.1, -0.05) is 6.07 Å². The summed E-state index contributed by atoms with van der Waals surface area (Å²) in [6, 6.07) is 6.11. The number of halogens is 3. The lowest BCUT2D eigenvalue weighted by atomic mass is 10.1. The fourth-order valence-corrected chi connectivity index (χ4v) is 3.47. The predicted molar refractivity (Wildman–Crippen MR) is 96.6 cm³/mol. The molecule has 2 unspecified atom stereocenters. The largest absolute Gasteiger partial charge is 0.466 e. The Morgan fingerprint density at radius 3 is 2.61 bits per heavy atom. The number of nitrogens with zero attached hydrogens (tertiary/aromatic N) is 1. The van der Waals surface area contributed by atoms with Gasteiger partial charge in [-0.3, -0.25) is 9.59 Å². The zero-order chi connectivity index (χ0) is 20.6. The van der Waals surface area contributed by atoms with Crippen molar-refractivity contribution in [2.75, 3.05) is 11.4 Å². The lowest BCUT2D eigenvalue weighted by Crippen LogP contribution is -2.34. The summed E-state index contributed by atoms with van der Waals surface area (Å²) in [5.74, 6) is 0.132. The zero-order valence-corrected chi connectivity index (χ0v) is 15.8. The third kappa shape index (κ3) is 4.05. The minimum absolute atomic E-state index is 0.0435. The van der Waals surface area contributed by atoms with Crippen LogP contribution in [0.15, 0.2) is 34.7 Å². The molecule has 1 aliphatic rings. The van der Waals surface area contributed by atoms with Crippen molar-refractivity contribution in [2.45, 2.75) is 39.4 Å². The van der Waals surface area contributed by atoms with E-state index in [4.69, 9.17) is 4.42 Å². The lowest BCUT2D eigenvalue weighted by Gasteiger charge is -2.19. The minimum atomic E-state index is -4.49. The third-order valence-corrected chi connectivity index (χ3v) is 4.89. The van der Waals surface area contributed by atoms with Gasteiger partial charge in [-0.15, -0.1) is 0 Å². The van der Waals surface area contributed by atoms with E-state index in [1.54, 1.807) is 6.92 Å². The molecule has 0 spiro atoms. The van der Waals surface area contributed by atoms with E-state index in [1.807, 2.05) is 19.9 Å². The van der Waals surface area contributed by atoms with E-state index >= 15 is 0 Å². The average molecular weight is 394 g/mol. The van der Waals surface area contributed by atoms with Crippen molar-refractivity contribution in [3.63, 3.8) is 0 Å². The molecule has 1 fully saturated rings. The van der Waals surface area contributed by atoms with E-state index in [-0.39, 0.29) is 36.5 Å². The first-order valence-corrected chi connectivity index (χ1v) is 8.91. The van der Waals surface area contributed by atoms with Gasteiger partial charge >= 0.3 is 6.18 Å². The van der Waals surface area contributed by atoms with Crippen molar-refractivity contribution in [3.8, 4) is 0 Å². The van der Waals surface area contributed by atoms with E-state index in [9.17, 15) is 22.8 Å². The van der Waals surface area contributed by atoms with Crippen LogP contribution in [0.5, 0.6) is 0 Å². The number of hydrogen-bond acceptors (Lipinski definition) is 3. The van der Waals surface area contributed by atoms with Crippen molar-refractivity contribution in [3.05, 3.63) is 53.0 Å². The van der Waals surface area contributed by atoms with Crippen molar-refractivity contribution in [1.82, 2.24) is 5.32 Å². The maximum atomic E-state index is 12.9. The molecule has 28 heavy (non-hydrogen) atoms. The van der Waals surface area contributed by atoms with Crippen LogP contribution < -0.4 is 10.2 Å². The molecular weight excluding hydrogens is 373 g/mol. The molecule has 2 aromatic rings. The molecule has 2 amide bonds. The van der Waals surface area contributed by atoms with Crippen LogP contribution in [0.25, 0.3) is 0 Å². The molecule has 0 radical (unpaired) electrons. The molecule has 1 saturated heterocycles. The Balaban J connectivity index is 1.70. The second-order valence-electron chi connectivity index (χ2n) is 7.05. The molecule has 0 bridgehead atoms. The van der Waals surface area contributed by atoms with Crippen LogP contribution in [-0.2, 0) is 15.8 Å². The standard InChI is InChI=1S/C20H21F3N2O3/c1-11-7-17(13(3)28-11)12(2)24-19(27)14-8-18(26)25(10-14)16-6-4-5-15(9-16)20(21,22)23/h4-7,9,12,14H,8,10H2,1-3H3,(H,24,27). The normalized spacial score (nSPS) is 18.4. The van der Waals surface area contributed by atoms with E-state index in [0.717, 1.165) is 23.5 Å². The highest BCUT2D eigenvalue weighted by atomic mass is 19.4. The number of carbonyl (C=O) groups excluding carboxylic acids is 2. The number of benzene rings is 1. The first kappa shape index (κ1) is 20.0. The molecule has 5 nitrogen and oxygen atoms in total. The van der Waals surface area contributed by atoms with E-state index in [0.29, 0.717) is 5.76 Å². The van der Waals surface area contributed by atoms with Gasteiger partial charge in [-0.2, -0.15) is 13.2 Å². The first-order valence-electron chi connectivity index (χ1n) is 8.91. The Morgan fingerprint density at radius 2 is 2.00 bits per heavy atom. The molecule has 0 aliphatic carbocycles. The maximum Gasteiger partial charge on any atom is 0.416 e. The predicted octanol–water partition coefficient (Wildman–Crippen LogP) is 4.15. The second kappa shape index (κ2) is 7.33. The molecule has 1 N–H and O–H groups in total. The van der Waals surface area contributed by atoms with Crippen molar-refractivity contribution < 1.29 is 27.2 Å². The van der Waals surface area contributed by atoms with Crippen LogP contribution in [0.2, 0.25) is 0 Å². The monoisotopic (exact) mass is 394 g/mol. The Bertz CT molecular complexity index is 904. The van der Waals surface area contributed by atoms with E-state index in [1.165, 1.54) is 17.0 Å². The number of furan rings is 1. The topological polar surface area (TPSA) is 62.6 Å². The van der Waals surface area contributed by atoms with E-state index in [2.05, 4.69) is 5.32 Å². The number of amides is 2. The average Bonchev–Trinajstić information content (AvgIpc) is 3.16. The highest BCUT2D eigenvalue weighted by Gasteiger charge is 2.37. The zero-order valence-electron chi connectivity index (χ0n) is 15.8. The van der Waals surface area contributed by atoms with Crippen LogP contribution in [-0.4, -0.2) is 18.4 Å². The van der Waals surface area contributed by atoms with Crippen molar-refractivity contribution in [2.24, 2.45) is 5.92 Å². The van der Waals surface area contributed by atoms with Gasteiger partial charge in [-0.05, 0) is 45.0 Å². The lowest BCUT2D eigenvalue weighted by molar-refractivity contribution is -0.137. The summed E-state index contributed by atoms with van der Waals surface area (Å²) in [5, 5.41) is 2.86. The SMILES string of the molecule is Cc1cc(C(C)NC(=O)C2CC(=O)N(c3cccc(C(F)(F)F)c3)C2)c(C)o1. The number of carbonyl (C=O) groups is 2. The molecule has 0 saturated carbocycles. The number of hydrogen-bond donors (Lipinski definition) is 1. The highest BCUT2D eigenvalue weighted by Crippen LogP contribution is 2.33. The van der Waals surface area contributed by atoms with Gasteiger partial charge in [-0.25, -0.2) is 0 Å². The summed E-state index contributed by atoms with van der Waals surface area (Å²) in [7, 11) is 0.